The van der Waals surface area contributed by atoms with Gasteiger partial charge >= 0.3 is 11.9 Å². The highest BCUT2D eigenvalue weighted by Crippen LogP contribution is 2.34. The van der Waals surface area contributed by atoms with Gasteiger partial charge in [0.05, 0.1) is 16.9 Å². The SMILES string of the molecule is CC(C)(C)NC[C@H](O)c1ccc(OC(=O)C(C)(C)C)c(OC(=O)C(C)(C)C)c1.Cl. The van der Waals surface area contributed by atoms with Crippen molar-refractivity contribution in [2.24, 2.45) is 10.8 Å². The number of aliphatic hydroxyl groups excluding tert-OH is 1. The molecule has 7 heteroatoms. The van der Waals surface area contributed by atoms with Gasteiger partial charge in [0.25, 0.3) is 0 Å². The predicted octanol–water partition coefficient (Wildman–Crippen LogP) is 4.43. The third-order valence-electron chi connectivity index (χ3n) is 3.81. The van der Waals surface area contributed by atoms with Gasteiger partial charge in [-0.15, -0.1) is 12.4 Å². The van der Waals surface area contributed by atoms with Crippen molar-refractivity contribution >= 4 is 24.3 Å². The van der Waals surface area contributed by atoms with Crippen molar-refractivity contribution in [1.29, 1.82) is 0 Å². The molecule has 0 aromatic heterocycles. The van der Waals surface area contributed by atoms with Gasteiger partial charge in [-0.2, -0.15) is 0 Å². The molecule has 0 aliphatic heterocycles. The lowest BCUT2D eigenvalue weighted by molar-refractivity contribution is -0.145. The van der Waals surface area contributed by atoms with E-state index in [4.69, 9.17) is 9.47 Å². The lowest BCUT2D eigenvalue weighted by Gasteiger charge is -2.24. The van der Waals surface area contributed by atoms with Crippen LogP contribution >= 0.6 is 12.4 Å². The van der Waals surface area contributed by atoms with E-state index in [2.05, 4.69) is 5.32 Å². The maximum Gasteiger partial charge on any atom is 0.316 e. The summed E-state index contributed by atoms with van der Waals surface area (Å²) in [6.07, 6.45) is -0.807. The Balaban J connectivity index is 0.00000784. The zero-order valence-electron chi connectivity index (χ0n) is 19.0. The van der Waals surface area contributed by atoms with Gasteiger partial charge in [0.1, 0.15) is 0 Å². The van der Waals surface area contributed by atoms with Crippen molar-refractivity contribution in [3.63, 3.8) is 0 Å². The molecule has 0 heterocycles. The number of halogens is 1. The summed E-state index contributed by atoms with van der Waals surface area (Å²) < 4.78 is 11.0. The highest BCUT2D eigenvalue weighted by atomic mass is 35.5. The van der Waals surface area contributed by atoms with Gasteiger partial charge in [0, 0.05) is 12.1 Å². The number of benzene rings is 1. The highest BCUT2D eigenvalue weighted by molar-refractivity contribution is 5.85. The molecule has 0 unspecified atom stereocenters. The molecule has 0 radical (unpaired) electrons. The van der Waals surface area contributed by atoms with E-state index in [-0.39, 0.29) is 29.4 Å². The van der Waals surface area contributed by atoms with E-state index in [0.717, 1.165) is 0 Å². The Labute approximate surface area is 180 Å². The first-order chi connectivity index (χ1) is 12.5. The molecule has 0 amide bonds. The summed E-state index contributed by atoms with van der Waals surface area (Å²) in [5.41, 5.74) is -1.03. The first-order valence-electron chi connectivity index (χ1n) is 9.52. The number of nitrogens with one attached hydrogen (secondary N) is 1. The van der Waals surface area contributed by atoms with Gasteiger partial charge in [-0.05, 0) is 80.0 Å². The fourth-order valence-corrected chi connectivity index (χ4v) is 1.92. The molecule has 0 aliphatic rings. The summed E-state index contributed by atoms with van der Waals surface area (Å²) in [4.78, 5) is 24.6. The number of hydrogen-bond acceptors (Lipinski definition) is 6. The Morgan fingerprint density at radius 3 is 1.76 bits per heavy atom. The number of β-amino-alcohol motifs (C(OH)–C–C–N with tert-alkyl or cyclic N) is 1. The minimum atomic E-state index is -0.807. The first kappa shape index (κ1) is 27.4. The molecule has 166 valence electrons. The van der Waals surface area contributed by atoms with Crippen molar-refractivity contribution in [1.82, 2.24) is 5.32 Å². The molecule has 0 bridgehead atoms. The molecule has 6 nitrogen and oxygen atoms in total. The number of hydrogen-bond donors (Lipinski definition) is 2. The number of carbonyl (C=O) groups is 2. The molecule has 0 aliphatic carbocycles. The van der Waals surface area contributed by atoms with Crippen LogP contribution in [0, 0.1) is 10.8 Å². The van der Waals surface area contributed by atoms with E-state index < -0.39 is 28.9 Å². The first-order valence-corrected chi connectivity index (χ1v) is 9.52. The van der Waals surface area contributed by atoms with E-state index in [0.29, 0.717) is 12.1 Å². The van der Waals surface area contributed by atoms with Crippen LogP contribution in [0.4, 0.5) is 0 Å². The van der Waals surface area contributed by atoms with Crippen LogP contribution in [0.2, 0.25) is 0 Å². The topological polar surface area (TPSA) is 84.9 Å². The van der Waals surface area contributed by atoms with Crippen molar-refractivity contribution < 1.29 is 24.2 Å². The number of rotatable bonds is 5. The average molecular weight is 430 g/mol. The summed E-state index contributed by atoms with van der Waals surface area (Å²) in [7, 11) is 0. The van der Waals surface area contributed by atoms with Crippen LogP contribution < -0.4 is 14.8 Å². The van der Waals surface area contributed by atoms with Gasteiger partial charge in [-0.3, -0.25) is 9.59 Å². The minimum absolute atomic E-state index is 0. The Hall–Kier alpha value is -1.63. The molecular weight excluding hydrogens is 394 g/mol. The number of aliphatic hydroxyl groups is 1. The molecule has 2 N–H and O–H groups in total. The maximum absolute atomic E-state index is 12.4. The van der Waals surface area contributed by atoms with Crippen molar-refractivity contribution in [2.45, 2.75) is 74.0 Å². The number of ether oxygens (including phenoxy) is 2. The number of esters is 2. The molecule has 29 heavy (non-hydrogen) atoms. The third kappa shape index (κ3) is 9.15. The predicted molar refractivity (Wildman–Crippen MR) is 117 cm³/mol. The Kier molecular flexibility index (Phi) is 9.36. The average Bonchev–Trinajstić information content (AvgIpc) is 2.51. The van der Waals surface area contributed by atoms with E-state index in [9.17, 15) is 14.7 Å². The summed E-state index contributed by atoms with van der Waals surface area (Å²) in [5.74, 6) is -0.634. The quantitative estimate of drug-likeness (QED) is 0.532. The van der Waals surface area contributed by atoms with Gasteiger partial charge in [0.15, 0.2) is 11.5 Å². The molecule has 1 aromatic carbocycles. The third-order valence-corrected chi connectivity index (χ3v) is 3.81. The molecule has 1 rings (SSSR count). The molecule has 0 spiro atoms. The second-order valence-corrected chi connectivity index (χ2v) is 10.1. The molecule has 0 saturated heterocycles. The van der Waals surface area contributed by atoms with E-state index in [1.54, 1.807) is 59.7 Å². The van der Waals surface area contributed by atoms with Crippen LogP contribution in [0.3, 0.4) is 0 Å². The van der Waals surface area contributed by atoms with Gasteiger partial charge in [-0.1, -0.05) is 6.07 Å². The number of carbonyl (C=O) groups excluding carboxylic acids is 2. The highest BCUT2D eigenvalue weighted by Gasteiger charge is 2.28. The van der Waals surface area contributed by atoms with Gasteiger partial charge in [-0.25, -0.2) is 0 Å². The molecule has 1 aromatic rings. The zero-order chi connectivity index (χ0) is 21.9. The normalized spacial score (nSPS) is 13.3. The lowest BCUT2D eigenvalue weighted by atomic mass is 9.97. The Bertz CT molecular complexity index is 711. The monoisotopic (exact) mass is 429 g/mol. The Morgan fingerprint density at radius 2 is 1.34 bits per heavy atom. The summed E-state index contributed by atoms with van der Waals surface area (Å²) in [5, 5.41) is 13.7. The summed E-state index contributed by atoms with van der Waals surface area (Å²) in [6, 6.07) is 4.75. The summed E-state index contributed by atoms with van der Waals surface area (Å²) >= 11 is 0. The summed E-state index contributed by atoms with van der Waals surface area (Å²) in [6.45, 7) is 16.8. The van der Waals surface area contributed by atoms with Crippen LogP contribution in [0.5, 0.6) is 11.5 Å². The van der Waals surface area contributed by atoms with Crippen LogP contribution in [0.15, 0.2) is 18.2 Å². The van der Waals surface area contributed by atoms with E-state index >= 15 is 0 Å². The van der Waals surface area contributed by atoms with Crippen molar-refractivity contribution in [3.8, 4) is 11.5 Å². The smallest absolute Gasteiger partial charge is 0.316 e. The second kappa shape index (κ2) is 9.92. The fraction of sp³-hybridized carbons (Fsp3) is 0.636. The molecule has 0 fully saturated rings. The van der Waals surface area contributed by atoms with E-state index in [1.807, 2.05) is 20.8 Å². The fourth-order valence-electron chi connectivity index (χ4n) is 1.92. The van der Waals surface area contributed by atoms with Crippen LogP contribution in [0.1, 0.15) is 74.0 Å². The Morgan fingerprint density at radius 1 is 0.897 bits per heavy atom. The maximum atomic E-state index is 12.4. The van der Waals surface area contributed by atoms with Gasteiger partial charge < -0.3 is 19.9 Å². The molecule has 1 atom stereocenters. The second-order valence-electron chi connectivity index (χ2n) is 10.1. The van der Waals surface area contributed by atoms with Crippen molar-refractivity contribution in [2.75, 3.05) is 6.54 Å². The van der Waals surface area contributed by atoms with Crippen LogP contribution in [-0.4, -0.2) is 29.1 Å². The lowest BCUT2D eigenvalue weighted by Crippen LogP contribution is -2.38. The van der Waals surface area contributed by atoms with Crippen LogP contribution in [0.25, 0.3) is 0 Å². The largest absolute Gasteiger partial charge is 0.422 e. The van der Waals surface area contributed by atoms with E-state index in [1.165, 1.54) is 0 Å². The molecule has 0 saturated carbocycles. The zero-order valence-corrected chi connectivity index (χ0v) is 19.8. The van der Waals surface area contributed by atoms with Gasteiger partial charge in [0.2, 0.25) is 0 Å². The standard InChI is InChI=1S/C22H35NO5.ClH/c1-20(2,3)18(25)27-16-11-10-14(15(24)13-23-22(7,8)9)12-17(16)28-19(26)21(4,5)6;/h10-12,15,23-24H,13H2,1-9H3;1H/t15-;/m0./s1. The molecular formula is C22H36ClNO5. The minimum Gasteiger partial charge on any atom is -0.422 e. The van der Waals surface area contributed by atoms with Crippen molar-refractivity contribution in [3.05, 3.63) is 23.8 Å². The van der Waals surface area contributed by atoms with Crippen LogP contribution in [-0.2, 0) is 9.59 Å².